The zero-order valence-corrected chi connectivity index (χ0v) is 10.6. The Morgan fingerprint density at radius 3 is 2.88 bits per heavy atom. The molecule has 0 radical (unpaired) electrons. The van der Waals surface area contributed by atoms with Crippen LogP contribution in [0.4, 0.5) is 0 Å². The van der Waals surface area contributed by atoms with E-state index in [-0.39, 0.29) is 0 Å². The fraction of sp³-hybridized carbons (Fsp3) is 0.643. The molecule has 0 spiro atoms. The van der Waals surface area contributed by atoms with E-state index in [1.165, 1.54) is 31.2 Å². The summed E-state index contributed by atoms with van der Waals surface area (Å²) in [5, 5.41) is 3.51. The molecule has 1 aliphatic rings. The Morgan fingerprint density at radius 1 is 1.41 bits per heavy atom. The van der Waals surface area contributed by atoms with Crippen molar-refractivity contribution in [3.63, 3.8) is 0 Å². The SMILES string of the molecule is COCCNCC1(c2cccnc2)CCCC1. The van der Waals surface area contributed by atoms with E-state index in [0.717, 1.165) is 19.7 Å². The summed E-state index contributed by atoms with van der Waals surface area (Å²) in [6, 6.07) is 4.26. The van der Waals surface area contributed by atoms with Crippen LogP contribution in [0.25, 0.3) is 0 Å². The maximum absolute atomic E-state index is 5.07. The van der Waals surface area contributed by atoms with Crippen LogP contribution < -0.4 is 5.32 Å². The molecule has 0 aromatic carbocycles. The van der Waals surface area contributed by atoms with Crippen LogP contribution in [-0.4, -0.2) is 31.8 Å². The van der Waals surface area contributed by atoms with Gasteiger partial charge in [0.15, 0.2) is 0 Å². The molecule has 0 aliphatic heterocycles. The zero-order chi connectivity index (χ0) is 12.0. The van der Waals surface area contributed by atoms with Crippen LogP contribution in [-0.2, 0) is 10.2 Å². The molecule has 3 heteroatoms. The molecule has 1 N–H and O–H groups in total. The number of nitrogens with zero attached hydrogens (tertiary/aromatic N) is 1. The second kappa shape index (κ2) is 6.12. The minimum atomic E-state index is 0.308. The minimum Gasteiger partial charge on any atom is -0.383 e. The Morgan fingerprint density at radius 2 is 2.24 bits per heavy atom. The zero-order valence-electron chi connectivity index (χ0n) is 10.6. The summed E-state index contributed by atoms with van der Waals surface area (Å²) < 4.78 is 5.07. The van der Waals surface area contributed by atoms with Crippen LogP contribution in [0.1, 0.15) is 31.2 Å². The molecule has 0 saturated heterocycles. The van der Waals surface area contributed by atoms with E-state index in [4.69, 9.17) is 4.74 Å². The first-order chi connectivity index (χ1) is 8.37. The average molecular weight is 234 g/mol. The van der Waals surface area contributed by atoms with Crippen molar-refractivity contribution in [3.05, 3.63) is 30.1 Å². The summed E-state index contributed by atoms with van der Waals surface area (Å²) in [5.74, 6) is 0. The van der Waals surface area contributed by atoms with Crippen molar-refractivity contribution in [2.75, 3.05) is 26.8 Å². The maximum Gasteiger partial charge on any atom is 0.0587 e. The van der Waals surface area contributed by atoms with Gasteiger partial charge in [0.1, 0.15) is 0 Å². The molecule has 2 rings (SSSR count). The van der Waals surface area contributed by atoms with Crippen LogP contribution in [0.15, 0.2) is 24.5 Å². The van der Waals surface area contributed by atoms with Gasteiger partial charge in [-0.1, -0.05) is 18.9 Å². The van der Waals surface area contributed by atoms with Gasteiger partial charge in [-0.2, -0.15) is 0 Å². The van der Waals surface area contributed by atoms with Gasteiger partial charge in [-0.05, 0) is 24.5 Å². The fourth-order valence-corrected chi connectivity index (χ4v) is 2.80. The highest BCUT2D eigenvalue weighted by molar-refractivity contribution is 5.24. The Hall–Kier alpha value is -0.930. The monoisotopic (exact) mass is 234 g/mol. The third-order valence-corrected chi connectivity index (χ3v) is 3.78. The lowest BCUT2D eigenvalue weighted by Gasteiger charge is -2.29. The first-order valence-electron chi connectivity index (χ1n) is 6.48. The molecule has 1 aromatic heterocycles. The fourth-order valence-electron chi connectivity index (χ4n) is 2.80. The number of hydrogen-bond donors (Lipinski definition) is 1. The molecule has 0 amide bonds. The lowest BCUT2D eigenvalue weighted by molar-refractivity contribution is 0.196. The molecular weight excluding hydrogens is 212 g/mol. The van der Waals surface area contributed by atoms with Gasteiger partial charge in [-0.3, -0.25) is 4.98 Å². The van der Waals surface area contributed by atoms with Crippen LogP contribution in [0.2, 0.25) is 0 Å². The van der Waals surface area contributed by atoms with E-state index in [9.17, 15) is 0 Å². The van der Waals surface area contributed by atoms with Crippen molar-refractivity contribution < 1.29 is 4.74 Å². The minimum absolute atomic E-state index is 0.308. The van der Waals surface area contributed by atoms with Crippen LogP contribution in [0.3, 0.4) is 0 Å². The average Bonchev–Trinajstić information content (AvgIpc) is 2.86. The quantitative estimate of drug-likeness (QED) is 0.766. The molecule has 0 bridgehead atoms. The Kier molecular flexibility index (Phi) is 4.51. The van der Waals surface area contributed by atoms with Crippen LogP contribution in [0.5, 0.6) is 0 Å². The smallest absolute Gasteiger partial charge is 0.0587 e. The van der Waals surface area contributed by atoms with Crippen molar-refractivity contribution in [1.29, 1.82) is 0 Å². The summed E-state index contributed by atoms with van der Waals surface area (Å²) in [7, 11) is 1.74. The molecule has 1 aliphatic carbocycles. The molecule has 0 unspecified atom stereocenters. The second-order valence-corrected chi connectivity index (χ2v) is 4.90. The summed E-state index contributed by atoms with van der Waals surface area (Å²) in [4.78, 5) is 4.27. The Bertz CT molecular complexity index is 320. The highest BCUT2D eigenvalue weighted by Gasteiger charge is 2.35. The number of nitrogens with one attached hydrogen (secondary N) is 1. The first kappa shape index (κ1) is 12.5. The molecule has 3 nitrogen and oxygen atoms in total. The van der Waals surface area contributed by atoms with E-state index in [2.05, 4.69) is 16.4 Å². The largest absolute Gasteiger partial charge is 0.383 e. The van der Waals surface area contributed by atoms with Gasteiger partial charge >= 0.3 is 0 Å². The lowest BCUT2D eigenvalue weighted by Crippen LogP contribution is -2.37. The Balaban J connectivity index is 2.00. The number of pyridine rings is 1. The normalized spacial score (nSPS) is 18.4. The van der Waals surface area contributed by atoms with Gasteiger partial charge in [-0.15, -0.1) is 0 Å². The maximum atomic E-state index is 5.07. The van der Waals surface area contributed by atoms with E-state index in [0.29, 0.717) is 5.41 Å². The van der Waals surface area contributed by atoms with E-state index in [1.807, 2.05) is 18.5 Å². The van der Waals surface area contributed by atoms with Gasteiger partial charge < -0.3 is 10.1 Å². The van der Waals surface area contributed by atoms with Gasteiger partial charge in [0, 0.05) is 38.0 Å². The summed E-state index contributed by atoms with van der Waals surface area (Å²) in [5.41, 5.74) is 1.70. The third kappa shape index (κ3) is 3.05. The topological polar surface area (TPSA) is 34.1 Å². The molecule has 94 valence electrons. The van der Waals surface area contributed by atoms with Gasteiger partial charge in [0.2, 0.25) is 0 Å². The molecule has 1 heterocycles. The van der Waals surface area contributed by atoms with Gasteiger partial charge in [0.25, 0.3) is 0 Å². The predicted octanol–water partition coefficient (Wildman–Crippen LogP) is 2.13. The number of aromatic nitrogens is 1. The number of rotatable bonds is 6. The molecular formula is C14H22N2O. The summed E-state index contributed by atoms with van der Waals surface area (Å²) in [6.07, 6.45) is 9.10. The highest BCUT2D eigenvalue weighted by Crippen LogP contribution is 2.40. The van der Waals surface area contributed by atoms with Gasteiger partial charge in [0.05, 0.1) is 6.61 Å². The molecule has 17 heavy (non-hydrogen) atoms. The van der Waals surface area contributed by atoms with Crippen LogP contribution in [0, 0.1) is 0 Å². The highest BCUT2D eigenvalue weighted by atomic mass is 16.5. The van der Waals surface area contributed by atoms with Crippen LogP contribution >= 0.6 is 0 Å². The predicted molar refractivity (Wildman–Crippen MR) is 69.1 cm³/mol. The van der Waals surface area contributed by atoms with Crippen molar-refractivity contribution >= 4 is 0 Å². The molecule has 1 fully saturated rings. The summed E-state index contributed by atoms with van der Waals surface area (Å²) in [6.45, 7) is 2.75. The first-order valence-corrected chi connectivity index (χ1v) is 6.48. The van der Waals surface area contributed by atoms with Crippen molar-refractivity contribution in [3.8, 4) is 0 Å². The van der Waals surface area contributed by atoms with E-state index >= 15 is 0 Å². The third-order valence-electron chi connectivity index (χ3n) is 3.78. The molecule has 1 saturated carbocycles. The van der Waals surface area contributed by atoms with Gasteiger partial charge in [-0.25, -0.2) is 0 Å². The molecule has 1 aromatic rings. The lowest BCUT2D eigenvalue weighted by atomic mass is 9.79. The van der Waals surface area contributed by atoms with Crippen molar-refractivity contribution in [2.24, 2.45) is 0 Å². The van der Waals surface area contributed by atoms with Crippen molar-refractivity contribution in [2.45, 2.75) is 31.1 Å². The Labute approximate surface area is 104 Å². The second-order valence-electron chi connectivity index (χ2n) is 4.90. The van der Waals surface area contributed by atoms with Crippen molar-refractivity contribution in [1.82, 2.24) is 10.3 Å². The number of ether oxygens (including phenoxy) is 1. The molecule has 0 atom stereocenters. The summed E-state index contributed by atoms with van der Waals surface area (Å²) >= 11 is 0. The number of methoxy groups -OCH3 is 1. The standard InChI is InChI=1S/C14H22N2O/c1-17-10-9-16-12-14(6-2-3-7-14)13-5-4-8-15-11-13/h4-5,8,11,16H,2-3,6-7,9-10,12H2,1H3. The van der Waals surface area contributed by atoms with E-state index < -0.39 is 0 Å². The van der Waals surface area contributed by atoms with E-state index in [1.54, 1.807) is 7.11 Å². The number of hydrogen-bond acceptors (Lipinski definition) is 3.